The summed E-state index contributed by atoms with van der Waals surface area (Å²) in [6.45, 7) is 0. The Kier molecular flexibility index (Phi) is 3.43. The van der Waals surface area contributed by atoms with E-state index in [-0.39, 0.29) is 11.5 Å². The van der Waals surface area contributed by atoms with E-state index < -0.39 is 17.1 Å². The predicted octanol–water partition coefficient (Wildman–Crippen LogP) is 2.23. The number of pyridine rings is 2. The van der Waals surface area contributed by atoms with Crippen molar-refractivity contribution in [1.29, 1.82) is 0 Å². The van der Waals surface area contributed by atoms with Crippen LogP contribution in [0, 0.1) is 0 Å². The van der Waals surface area contributed by atoms with Crippen LogP contribution < -0.4 is 8.58 Å². The van der Waals surface area contributed by atoms with Crippen molar-refractivity contribution in [2.24, 2.45) is 0 Å². The van der Waals surface area contributed by atoms with E-state index in [2.05, 4.69) is 9.97 Å². The molecule has 0 bridgehead atoms. The van der Waals surface area contributed by atoms with E-state index in [0.717, 1.165) is 19.3 Å². The normalized spacial score (nSPS) is 10.8. The average Bonchev–Trinajstić information content (AvgIpc) is 2.56. The summed E-state index contributed by atoms with van der Waals surface area (Å²) in [5.74, 6) is 0.409. The summed E-state index contributed by atoms with van der Waals surface area (Å²) in [5, 5.41) is 21.8. The van der Waals surface area contributed by atoms with E-state index in [9.17, 15) is 10.2 Å². The quantitative estimate of drug-likeness (QED) is 0.542. The van der Waals surface area contributed by atoms with Gasteiger partial charge in [0.05, 0.1) is 0 Å². The van der Waals surface area contributed by atoms with Crippen LogP contribution in [0.25, 0.3) is 21.8 Å². The second-order valence-electron chi connectivity index (χ2n) is 5.48. The van der Waals surface area contributed by atoms with Gasteiger partial charge in [-0.15, -0.1) is 0 Å². The van der Waals surface area contributed by atoms with Crippen LogP contribution in [0.15, 0.2) is 60.7 Å². The molecule has 0 aliphatic carbocycles. The first-order valence-corrected chi connectivity index (χ1v) is 10.3. The summed E-state index contributed by atoms with van der Waals surface area (Å²) in [7, 11) is 0. The van der Waals surface area contributed by atoms with Gasteiger partial charge in [0.1, 0.15) is 0 Å². The molecule has 0 fully saturated rings. The molecule has 0 radical (unpaired) electrons. The van der Waals surface area contributed by atoms with Crippen molar-refractivity contribution in [3.8, 4) is 11.5 Å². The van der Waals surface area contributed by atoms with Crippen molar-refractivity contribution in [2.45, 2.75) is 0 Å². The van der Waals surface area contributed by atoms with E-state index >= 15 is 0 Å². The molecule has 4 aromatic rings. The van der Waals surface area contributed by atoms with Crippen molar-refractivity contribution < 1.29 is 27.3 Å². The molecule has 5 heteroatoms. The number of fused-ring (bicyclic) bond motifs is 2. The van der Waals surface area contributed by atoms with Crippen molar-refractivity contribution in [1.82, 2.24) is 9.97 Å². The van der Waals surface area contributed by atoms with Gasteiger partial charge in [0, 0.05) is 0 Å². The molecule has 0 saturated carbocycles. The standard InChI is InChI=1S/2C9H6NO.Zn/c2*11-8-5-1-3-7-4-2-6-10-9(7)8;/h2*1-5,11H;. The molecule has 0 amide bonds. The minimum atomic E-state index is -1.39. The third-order valence-corrected chi connectivity index (χ3v) is 7.05. The summed E-state index contributed by atoms with van der Waals surface area (Å²) < 4.78 is 2.02. The summed E-state index contributed by atoms with van der Waals surface area (Å²) in [6, 6.07) is 18.8. The Balaban J connectivity index is 1.75. The van der Waals surface area contributed by atoms with Crippen LogP contribution >= 0.6 is 0 Å². The predicted molar refractivity (Wildman–Crippen MR) is 86.1 cm³/mol. The van der Waals surface area contributed by atoms with Crippen LogP contribution in [0.3, 0.4) is 0 Å². The molecule has 0 atom stereocenters. The van der Waals surface area contributed by atoms with Crippen LogP contribution in [-0.2, 0) is 17.1 Å². The number of aromatic hydroxyl groups is 2. The molecule has 0 unspecified atom stereocenters. The SMILES string of the molecule is Oc1cccc2cc[c]([Zn][c]3ccc4cccc(O)c4n3)nc12. The van der Waals surface area contributed by atoms with Crippen LogP contribution in [0.2, 0.25) is 0 Å². The molecular formula is C18H12N2O2Zn. The van der Waals surface area contributed by atoms with Gasteiger partial charge in [-0.3, -0.25) is 0 Å². The first-order valence-electron chi connectivity index (χ1n) is 7.36. The zero-order valence-corrected chi connectivity index (χ0v) is 15.2. The molecule has 4 nitrogen and oxygen atoms in total. The fraction of sp³-hybridized carbons (Fsp3) is 0. The summed E-state index contributed by atoms with van der Waals surface area (Å²) in [6.07, 6.45) is 0. The first-order chi connectivity index (χ1) is 11.2. The molecule has 23 heavy (non-hydrogen) atoms. The van der Waals surface area contributed by atoms with Gasteiger partial charge in [0.2, 0.25) is 0 Å². The monoisotopic (exact) mass is 352 g/mol. The molecule has 0 spiro atoms. The Morgan fingerprint density at radius 2 is 1.09 bits per heavy atom. The fourth-order valence-corrected chi connectivity index (χ4v) is 5.49. The van der Waals surface area contributed by atoms with Crippen LogP contribution in [0.5, 0.6) is 11.5 Å². The van der Waals surface area contributed by atoms with Gasteiger partial charge in [-0.05, 0) is 0 Å². The number of nitrogens with zero attached hydrogens (tertiary/aromatic N) is 2. The number of phenols is 2. The van der Waals surface area contributed by atoms with Gasteiger partial charge in [-0.1, -0.05) is 0 Å². The molecular weight excluding hydrogens is 342 g/mol. The summed E-state index contributed by atoms with van der Waals surface area (Å²) >= 11 is -1.39. The van der Waals surface area contributed by atoms with E-state index in [4.69, 9.17) is 0 Å². The number of hydrogen-bond donors (Lipinski definition) is 2. The topological polar surface area (TPSA) is 66.2 Å². The second-order valence-corrected chi connectivity index (χ2v) is 9.26. The number of hydrogen-bond acceptors (Lipinski definition) is 4. The van der Waals surface area contributed by atoms with E-state index in [1.165, 1.54) is 0 Å². The van der Waals surface area contributed by atoms with Gasteiger partial charge in [0.15, 0.2) is 0 Å². The van der Waals surface area contributed by atoms with Crippen LogP contribution in [0.4, 0.5) is 0 Å². The molecule has 108 valence electrons. The third-order valence-electron chi connectivity index (χ3n) is 3.88. The number of para-hydroxylation sites is 2. The summed E-state index contributed by atoms with van der Waals surface area (Å²) in [5.41, 5.74) is 1.28. The Labute approximate surface area is 140 Å². The number of phenolic OH excluding ortho intramolecular Hbond substituents is 2. The zero-order chi connectivity index (χ0) is 15.8. The van der Waals surface area contributed by atoms with Gasteiger partial charge >= 0.3 is 140 Å². The first kappa shape index (κ1) is 14.1. The average molecular weight is 354 g/mol. The van der Waals surface area contributed by atoms with E-state index in [1.54, 1.807) is 12.1 Å². The molecule has 0 saturated heterocycles. The second kappa shape index (κ2) is 5.60. The zero-order valence-electron chi connectivity index (χ0n) is 12.3. The van der Waals surface area contributed by atoms with E-state index in [0.29, 0.717) is 11.0 Å². The van der Waals surface area contributed by atoms with Gasteiger partial charge in [0.25, 0.3) is 0 Å². The van der Waals surface area contributed by atoms with Gasteiger partial charge in [-0.2, -0.15) is 0 Å². The maximum atomic E-state index is 9.95. The number of benzene rings is 2. The van der Waals surface area contributed by atoms with Crippen LogP contribution in [-0.4, -0.2) is 20.2 Å². The number of rotatable bonds is 2. The van der Waals surface area contributed by atoms with Crippen molar-refractivity contribution in [3.05, 3.63) is 60.7 Å². The fourth-order valence-electron chi connectivity index (χ4n) is 2.73. The Morgan fingerprint density at radius 3 is 1.57 bits per heavy atom. The van der Waals surface area contributed by atoms with Gasteiger partial charge in [-0.25, -0.2) is 0 Å². The Hall–Kier alpha value is -2.52. The molecule has 2 aromatic heterocycles. The number of aromatic nitrogens is 2. The Bertz CT molecular complexity index is 951. The third kappa shape index (κ3) is 2.64. The van der Waals surface area contributed by atoms with Crippen LogP contribution in [0.1, 0.15) is 0 Å². The van der Waals surface area contributed by atoms with Crippen molar-refractivity contribution in [2.75, 3.05) is 0 Å². The van der Waals surface area contributed by atoms with Crippen molar-refractivity contribution in [3.63, 3.8) is 0 Å². The molecule has 2 N–H and O–H groups in total. The van der Waals surface area contributed by atoms with Gasteiger partial charge < -0.3 is 0 Å². The van der Waals surface area contributed by atoms with Crippen molar-refractivity contribution >= 4 is 30.4 Å². The summed E-state index contributed by atoms with van der Waals surface area (Å²) in [4.78, 5) is 9.21. The molecule has 0 aliphatic rings. The molecule has 2 aromatic carbocycles. The minimum absolute atomic E-state index is 0.205. The Morgan fingerprint density at radius 1 is 0.609 bits per heavy atom. The maximum absolute atomic E-state index is 9.95. The molecule has 2 heterocycles. The van der Waals surface area contributed by atoms with E-state index in [1.807, 2.05) is 48.5 Å². The molecule has 0 aliphatic heterocycles. The molecule has 4 rings (SSSR count).